The van der Waals surface area contributed by atoms with Crippen molar-refractivity contribution in [2.75, 3.05) is 17.9 Å². The Balaban J connectivity index is 1.61. The fourth-order valence-corrected chi connectivity index (χ4v) is 6.13. The average Bonchev–Trinajstić information content (AvgIpc) is 3.15. The van der Waals surface area contributed by atoms with E-state index in [1.165, 1.54) is 30.1 Å². The van der Waals surface area contributed by atoms with E-state index in [-0.39, 0.29) is 38.9 Å². The molecule has 1 saturated heterocycles. The first-order valence-corrected chi connectivity index (χ1v) is 13.4. The summed E-state index contributed by atoms with van der Waals surface area (Å²) in [5.74, 6) is -0.862. The molecular weight excluding hydrogens is 523 g/mol. The van der Waals surface area contributed by atoms with Crippen LogP contribution in [-0.4, -0.2) is 46.4 Å². The van der Waals surface area contributed by atoms with E-state index in [0.29, 0.717) is 37.1 Å². The van der Waals surface area contributed by atoms with Crippen molar-refractivity contribution in [2.45, 2.75) is 30.8 Å². The molecule has 0 bridgehead atoms. The monoisotopic (exact) mass is 546 g/mol. The summed E-state index contributed by atoms with van der Waals surface area (Å²) in [5, 5.41) is 4.03. The summed E-state index contributed by atoms with van der Waals surface area (Å²) in [5.41, 5.74) is 1.38. The van der Waals surface area contributed by atoms with E-state index < -0.39 is 21.9 Å². The number of fused-ring (bicyclic) bond motifs is 1. The maximum atomic E-state index is 14.9. The van der Waals surface area contributed by atoms with Crippen LogP contribution in [0.15, 0.2) is 47.6 Å². The van der Waals surface area contributed by atoms with Gasteiger partial charge >= 0.3 is 0 Å². The van der Waals surface area contributed by atoms with Crippen molar-refractivity contribution in [3.63, 3.8) is 0 Å². The van der Waals surface area contributed by atoms with Crippen LogP contribution in [0.25, 0.3) is 11.0 Å². The number of aromatic nitrogens is 5. The highest BCUT2D eigenvalue weighted by molar-refractivity contribution is 7.92. The Labute approximate surface area is 217 Å². The summed E-state index contributed by atoms with van der Waals surface area (Å²) in [6.45, 7) is 2.53. The van der Waals surface area contributed by atoms with Crippen LogP contribution in [0.2, 0.25) is 5.15 Å². The van der Waals surface area contributed by atoms with Crippen molar-refractivity contribution < 1.29 is 22.3 Å². The van der Waals surface area contributed by atoms with Gasteiger partial charge in [0.05, 0.1) is 16.7 Å². The molecule has 1 fully saturated rings. The van der Waals surface area contributed by atoms with E-state index in [4.69, 9.17) is 21.1 Å². The van der Waals surface area contributed by atoms with E-state index in [2.05, 4.69) is 24.8 Å². The Morgan fingerprint density at radius 3 is 2.54 bits per heavy atom. The molecule has 4 aromatic rings. The predicted octanol–water partition coefficient (Wildman–Crippen LogP) is 4.21. The van der Waals surface area contributed by atoms with Gasteiger partial charge in [-0.25, -0.2) is 22.8 Å². The first-order valence-electron chi connectivity index (χ1n) is 11.6. The second kappa shape index (κ2) is 10.2. The molecule has 0 saturated carbocycles. The molecule has 0 radical (unpaired) electrons. The maximum Gasteiger partial charge on any atom is 0.268 e. The summed E-state index contributed by atoms with van der Waals surface area (Å²) in [6.07, 6.45) is 3.19. The van der Waals surface area contributed by atoms with Gasteiger partial charge in [-0.05, 0) is 38.0 Å². The number of para-hydroxylation sites is 2. The van der Waals surface area contributed by atoms with Crippen LogP contribution in [0.5, 0.6) is 5.88 Å². The molecule has 1 aromatic carbocycles. The Hall–Kier alpha value is -3.35. The van der Waals surface area contributed by atoms with Gasteiger partial charge in [0.1, 0.15) is 22.0 Å². The number of pyridine rings is 1. The normalized spacial score (nSPS) is 15.6. The minimum atomic E-state index is -4.23. The molecule has 0 aliphatic carbocycles. The topological polar surface area (TPSA) is 121 Å². The zero-order valence-corrected chi connectivity index (χ0v) is 21.6. The number of nitrogens with zero attached hydrogens (tertiary/aromatic N) is 5. The van der Waals surface area contributed by atoms with Crippen LogP contribution in [0.4, 0.5) is 10.2 Å². The van der Waals surface area contributed by atoms with Gasteiger partial charge in [-0.15, -0.1) is 0 Å². The van der Waals surface area contributed by atoms with Gasteiger partial charge in [-0.2, -0.15) is 5.10 Å². The molecule has 10 nitrogen and oxygen atoms in total. The molecular formula is C24H24ClFN6O4S. The van der Waals surface area contributed by atoms with E-state index in [1.807, 2.05) is 0 Å². The van der Waals surface area contributed by atoms with Gasteiger partial charge < -0.3 is 9.47 Å². The molecule has 194 valence electrons. The maximum absolute atomic E-state index is 14.9. The molecule has 0 amide bonds. The minimum Gasteiger partial charge on any atom is -0.466 e. The second-order valence-corrected chi connectivity index (χ2v) is 10.7. The van der Waals surface area contributed by atoms with Crippen LogP contribution in [0, 0.1) is 18.7 Å². The van der Waals surface area contributed by atoms with Gasteiger partial charge in [0, 0.05) is 44.1 Å². The summed E-state index contributed by atoms with van der Waals surface area (Å²) < 4.78 is 57.2. The highest BCUT2D eigenvalue weighted by Gasteiger charge is 2.33. The Bertz CT molecular complexity index is 1560. The summed E-state index contributed by atoms with van der Waals surface area (Å²) in [6, 6.07) is 8.22. The molecule has 13 heteroatoms. The third kappa shape index (κ3) is 5.09. The highest BCUT2D eigenvalue weighted by Crippen LogP contribution is 2.38. The van der Waals surface area contributed by atoms with Crippen LogP contribution in [-0.2, 0) is 21.8 Å². The lowest BCUT2D eigenvalue weighted by Crippen LogP contribution is -2.27. The molecule has 0 spiro atoms. The van der Waals surface area contributed by atoms with E-state index in [9.17, 15) is 12.8 Å². The number of aryl methyl sites for hydroxylation is 2. The van der Waals surface area contributed by atoms with Gasteiger partial charge in [-0.1, -0.05) is 23.7 Å². The number of anilines is 1. The number of halogens is 2. The van der Waals surface area contributed by atoms with Crippen LogP contribution < -0.4 is 9.46 Å². The number of hydrogen-bond acceptors (Lipinski definition) is 8. The van der Waals surface area contributed by atoms with E-state index >= 15 is 0 Å². The van der Waals surface area contributed by atoms with Crippen molar-refractivity contribution >= 4 is 38.5 Å². The predicted molar refractivity (Wildman–Crippen MR) is 134 cm³/mol. The molecule has 5 rings (SSSR count). The van der Waals surface area contributed by atoms with Gasteiger partial charge in [0.15, 0.2) is 0 Å². The van der Waals surface area contributed by atoms with Crippen LogP contribution in [0.3, 0.4) is 0 Å². The number of ether oxygens (including phenoxy) is 2. The van der Waals surface area contributed by atoms with E-state index in [0.717, 1.165) is 0 Å². The largest absolute Gasteiger partial charge is 0.466 e. The molecule has 1 unspecified atom stereocenters. The Kier molecular flexibility index (Phi) is 6.97. The summed E-state index contributed by atoms with van der Waals surface area (Å²) >= 11 is 6.24. The molecule has 4 heterocycles. The SMILES string of the molecule is Cc1nn(C)c(Cl)c1S(=O)(=O)Nc1nc2ccccc2nc1OC(c1cnccc1F)C1CCOCC1. The molecule has 1 atom stereocenters. The highest BCUT2D eigenvalue weighted by atomic mass is 35.5. The molecule has 37 heavy (non-hydrogen) atoms. The van der Waals surface area contributed by atoms with Crippen molar-refractivity contribution in [1.82, 2.24) is 24.7 Å². The van der Waals surface area contributed by atoms with Crippen molar-refractivity contribution in [2.24, 2.45) is 13.0 Å². The number of sulfonamides is 1. The first-order chi connectivity index (χ1) is 17.7. The number of rotatable bonds is 7. The van der Waals surface area contributed by atoms with Crippen molar-refractivity contribution in [3.8, 4) is 5.88 Å². The summed E-state index contributed by atoms with van der Waals surface area (Å²) in [7, 11) is -2.69. The van der Waals surface area contributed by atoms with Gasteiger partial charge in [0.25, 0.3) is 15.9 Å². The number of nitrogens with one attached hydrogen (secondary N) is 1. The van der Waals surface area contributed by atoms with Crippen molar-refractivity contribution in [3.05, 3.63) is 65.0 Å². The van der Waals surface area contributed by atoms with E-state index in [1.54, 1.807) is 31.3 Å². The average molecular weight is 547 g/mol. The fraction of sp³-hybridized carbons (Fsp3) is 0.333. The Morgan fingerprint density at radius 1 is 1.19 bits per heavy atom. The molecule has 3 aromatic heterocycles. The third-order valence-corrected chi connectivity index (χ3v) is 8.21. The quantitative estimate of drug-likeness (QED) is 0.366. The minimum absolute atomic E-state index is 0.0567. The lowest BCUT2D eigenvalue weighted by Gasteiger charge is -2.31. The van der Waals surface area contributed by atoms with Gasteiger partial charge in [0.2, 0.25) is 5.82 Å². The zero-order valence-electron chi connectivity index (χ0n) is 20.1. The number of benzene rings is 1. The van der Waals surface area contributed by atoms with Crippen LogP contribution in [0.1, 0.15) is 30.2 Å². The lowest BCUT2D eigenvalue weighted by molar-refractivity contribution is 0.0147. The van der Waals surface area contributed by atoms with Crippen molar-refractivity contribution in [1.29, 1.82) is 0 Å². The standard InChI is InChI=1S/C24H24ClFN6O4S/c1-14-21(22(25)32(2)30-14)37(33,34)31-23-24(29-19-6-4-3-5-18(19)28-23)36-20(15-8-11-35-12-9-15)16-13-27-10-7-17(16)26/h3-7,10,13,15,20H,8-9,11-12H2,1-2H3,(H,28,31). The van der Waals surface area contributed by atoms with Gasteiger partial charge in [-0.3, -0.25) is 14.4 Å². The number of hydrogen-bond donors (Lipinski definition) is 1. The Morgan fingerprint density at radius 2 is 1.89 bits per heavy atom. The van der Waals surface area contributed by atoms with Crippen LogP contribution >= 0.6 is 11.6 Å². The fourth-order valence-electron chi connectivity index (χ4n) is 4.38. The lowest BCUT2D eigenvalue weighted by atomic mass is 9.89. The second-order valence-electron chi connectivity index (χ2n) is 8.69. The molecule has 1 N–H and O–H groups in total. The third-order valence-electron chi connectivity index (χ3n) is 6.17. The smallest absolute Gasteiger partial charge is 0.268 e. The molecule has 1 aliphatic heterocycles. The summed E-state index contributed by atoms with van der Waals surface area (Å²) in [4.78, 5) is 12.9. The first kappa shape index (κ1) is 25.3. The molecule has 1 aliphatic rings. The zero-order chi connectivity index (χ0) is 26.2.